The lowest BCUT2D eigenvalue weighted by Gasteiger charge is -2.09. The average Bonchev–Trinajstić information content (AvgIpc) is 2.96. The second-order valence-electron chi connectivity index (χ2n) is 6.38. The number of aromatic amines is 1. The van der Waals surface area contributed by atoms with E-state index in [1.807, 2.05) is 38.1 Å². The van der Waals surface area contributed by atoms with Crippen LogP contribution < -0.4 is 15.6 Å². The van der Waals surface area contributed by atoms with Crippen LogP contribution in [0.25, 0.3) is 10.2 Å². The van der Waals surface area contributed by atoms with Gasteiger partial charge in [-0.2, -0.15) is 0 Å². The standard InChI is InChI=1S/C20H23N3O3S2/c1-12-13(2)28-20-18(12)19(25)22-16(23-20)10-27-11-17(24)21-9-8-14-6-4-5-7-15(14)26-3/h4-7H,8-11H2,1-3H3,(H,21,24)(H,22,23,25). The zero-order valence-corrected chi connectivity index (χ0v) is 17.8. The Morgan fingerprint density at radius 2 is 2.11 bits per heavy atom. The number of para-hydroxylation sites is 1. The van der Waals surface area contributed by atoms with Crippen LogP contribution in [0.2, 0.25) is 0 Å². The van der Waals surface area contributed by atoms with Crippen molar-refractivity contribution in [1.29, 1.82) is 0 Å². The van der Waals surface area contributed by atoms with Crippen molar-refractivity contribution in [3.8, 4) is 5.75 Å². The van der Waals surface area contributed by atoms with E-state index in [1.165, 1.54) is 23.1 Å². The van der Waals surface area contributed by atoms with Gasteiger partial charge in [-0.15, -0.1) is 23.1 Å². The Morgan fingerprint density at radius 1 is 1.32 bits per heavy atom. The molecule has 1 amide bonds. The summed E-state index contributed by atoms with van der Waals surface area (Å²) in [7, 11) is 1.64. The molecule has 0 saturated heterocycles. The molecule has 0 fully saturated rings. The number of hydrogen-bond donors (Lipinski definition) is 2. The quantitative estimate of drug-likeness (QED) is 0.588. The number of nitrogens with one attached hydrogen (secondary N) is 2. The summed E-state index contributed by atoms with van der Waals surface area (Å²) in [5, 5.41) is 3.59. The maximum Gasteiger partial charge on any atom is 0.259 e. The molecule has 0 aliphatic rings. The first-order valence-corrected chi connectivity index (χ1v) is 10.9. The molecule has 6 nitrogen and oxygen atoms in total. The number of carbonyl (C=O) groups is 1. The van der Waals surface area contributed by atoms with Crippen molar-refractivity contribution in [2.24, 2.45) is 0 Å². The highest BCUT2D eigenvalue weighted by atomic mass is 32.2. The van der Waals surface area contributed by atoms with Gasteiger partial charge in [0.15, 0.2) is 0 Å². The van der Waals surface area contributed by atoms with E-state index in [2.05, 4.69) is 15.3 Å². The normalized spacial score (nSPS) is 11.0. The van der Waals surface area contributed by atoms with Crippen LogP contribution in [0.5, 0.6) is 5.75 Å². The number of amides is 1. The van der Waals surface area contributed by atoms with Gasteiger partial charge < -0.3 is 15.0 Å². The van der Waals surface area contributed by atoms with Crippen molar-refractivity contribution >= 4 is 39.2 Å². The van der Waals surface area contributed by atoms with E-state index in [9.17, 15) is 9.59 Å². The predicted octanol–water partition coefficient (Wildman–Crippen LogP) is 3.20. The smallest absolute Gasteiger partial charge is 0.259 e. The van der Waals surface area contributed by atoms with E-state index in [4.69, 9.17) is 4.74 Å². The first-order valence-electron chi connectivity index (χ1n) is 8.94. The number of carbonyl (C=O) groups excluding carboxylic acids is 1. The van der Waals surface area contributed by atoms with E-state index in [1.54, 1.807) is 7.11 Å². The first kappa shape index (κ1) is 20.4. The molecule has 0 atom stereocenters. The number of thioether (sulfide) groups is 1. The Labute approximate surface area is 171 Å². The fourth-order valence-corrected chi connectivity index (χ4v) is 4.67. The number of aryl methyl sites for hydroxylation is 2. The van der Waals surface area contributed by atoms with Crippen molar-refractivity contribution in [3.63, 3.8) is 0 Å². The van der Waals surface area contributed by atoms with Crippen molar-refractivity contribution in [1.82, 2.24) is 15.3 Å². The molecule has 3 rings (SSSR count). The van der Waals surface area contributed by atoms with E-state index >= 15 is 0 Å². The number of fused-ring (bicyclic) bond motifs is 1. The molecular weight excluding hydrogens is 394 g/mol. The van der Waals surface area contributed by atoms with E-state index < -0.39 is 0 Å². The van der Waals surface area contributed by atoms with Gasteiger partial charge in [0.25, 0.3) is 5.56 Å². The minimum absolute atomic E-state index is 0.0360. The summed E-state index contributed by atoms with van der Waals surface area (Å²) >= 11 is 2.96. The lowest BCUT2D eigenvalue weighted by Crippen LogP contribution is -2.27. The summed E-state index contributed by atoms with van der Waals surface area (Å²) in [6, 6.07) is 7.78. The maximum absolute atomic E-state index is 12.3. The van der Waals surface area contributed by atoms with Gasteiger partial charge >= 0.3 is 0 Å². The number of aromatic nitrogens is 2. The Balaban J connectivity index is 1.48. The van der Waals surface area contributed by atoms with Gasteiger partial charge in [-0.3, -0.25) is 9.59 Å². The summed E-state index contributed by atoms with van der Waals surface area (Å²) in [5.41, 5.74) is 1.95. The summed E-state index contributed by atoms with van der Waals surface area (Å²) in [6.07, 6.45) is 0.711. The number of rotatable bonds is 8. The van der Waals surface area contributed by atoms with Crippen molar-refractivity contribution in [2.45, 2.75) is 26.0 Å². The highest BCUT2D eigenvalue weighted by Crippen LogP contribution is 2.26. The minimum Gasteiger partial charge on any atom is -0.496 e. The van der Waals surface area contributed by atoms with Crippen LogP contribution >= 0.6 is 23.1 Å². The third-order valence-electron chi connectivity index (χ3n) is 4.47. The first-order chi connectivity index (χ1) is 13.5. The summed E-state index contributed by atoms with van der Waals surface area (Å²) < 4.78 is 5.31. The van der Waals surface area contributed by atoms with Crippen LogP contribution in [-0.4, -0.2) is 35.3 Å². The van der Waals surface area contributed by atoms with Gasteiger partial charge in [-0.05, 0) is 37.5 Å². The molecule has 0 saturated carbocycles. The van der Waals surface area contributed by atoms with Gasteiger partial charge in [0, 0.05) is 11.4 Å². The molecule has 3 aromatic rings. The molecule has 2 heterocycles. The van der Waals surface area contributed by atoms with Crippen LogP contribution in [0, 0.1) is 13.8 Å². The SMILES string of the molecule is COc1ccccc1CCNC(=O)CSCc1nc2sc(C)c(C)c2c(=O)[nH]1. The summed E-state index contributed by atoms with van der Waals surface area (Å²) in [5.74, 6) is 2.20. The molecule has 2 N–H and O–H groups in total. The molecule has 0 aliphatic heterocycles. The topological polar surface area (TPSA) is 84.1 Å². The molecule has 0 bridgehead atoms. The molecule has 0 unspecified atom stereocenters. The van der Waals surface area contributed by atoms with Gasteiger partial charge in [0.2, 0.25) is 5.91 Å². The van der Waals surface area contributed by atoms with E-state index in [0.29, 0.717) is 35.7 Å². The fourth-order valence-electron chi connectivity index (χ4n) is 2.91. The Bertz CT molecular complexity index is 1040. The number of thiophene rings is 1. The average molecular weight is 418 g/mol. The van der Waals surface area contributed by atoms with E-state index in [-0.39, 0.29) is 11.5 Å². The van der Waals surface area contributed by atoms with Crippen LogP contribution in [0.1, 0.15) is 21.8 Å². The number of H-pyrrole nitrogens is 1. The highest BCUT2D eigenvalue weighted by molar-refractivity contribution is 7.99. The van der Waals surface area contributed by atoms with Crippen molar-refractivity contribution in [3.05, 3.63) is 56.4 Å². The summed E-state index contributed by atoms with van der Waals surface area (Å²) in [6.45, 7) is 4.48. The van der Waals surface area contributed by atoms with Crippen LogP contribution in [0.15, 0.2) is 29.1 Å². The summed E-state index contributed by atoms with van der Waals surface area (Å²) in [4.78, 5) is 33.5. The van der Waals surface area contributed by atoms with Gasteiger partial charge in [0.05, 0.1) is 24.0 Å². The van der Waals surface area contributed by atoms with Gasteiger partial charge in [0.1, 0.15) is 16.4 Å². The lowest BCUT2D eigenvalue weighted by atomic mass is 10.1. The third-order valence-corrected chi connectivity index (χ3v) is 6.51. The van der Waals surface area contributed by atoms with Crippen LogP contribution in [-0.2, 0) is 17.0 Å². The number of nitrogens with zero attached hydrogens (tertiary/aromatic N) is 1. The third kappa shape index (κ3) is 4.74. The Morgan fingerprint density at radius 3 is 2.89 bits per heavy atom. The fraction of sp³-hybridized carbons (Fsp3) is 0.350. The molecule has 2 aromatic heterocycles. The van der Waals surface area contributed by atoms with Gasteiger partial charge in [-0.1, -0.05) is 18.2 Å². The Hall–Kier alpha value is -2.32. The largest absolute Gasteiger partial charge is 0.496 e. The molecule has 0 radical (unpaired) electrons. The zero-order chi connectivity index (χ0) is 20.1. The maximum atomic E-state index is 12.3. The number of hydrogen-bond acceptors (Lipinski definition) is 6. The zero-order valence-electron chi connectivity index (χ0n) is 16.1. The van der Waals surface area contributed by atoms with E-state index in [0.717, 1.165) is 26.6 Å². The molecule has 148 valence electrons. The van der Waals surface area contributed by atoms with Gasteiger partial charge in [-0.25, -0.2) is 4.98 Å². The monoisotopic (exact) mass is 417 g/mol. The minimum atomic E-state index is -0.108. The molecule has 0 aliphatic carbocycles. The van der Waals surface area contributed by atoms with Crippen molar-refractivity contribution < 1.29 is 9.53 Å². The molecule has 1 aromatic carbocycles. The van der Waals surface area contributed by atoms with Crippen molar-refractivity contribution in [2.75, 3.05) is 19.4 Å². The second-order valence-corrected chi connectivity index (χ2v) is 8.57. The molecule has 8 heteroatoms. The molecular formula is C20H23N3O3S2. The highest BCUT2D eigenvalue weighted by Gasteiger charge is 2.12. The number of benzene rings is 1. The van der Waals surface area contributed by atoms with Crippen LogP contribution in [0.3, 0.4) is 0 Å². The molecule has 28 heavy (non-hydrogen) atoms. The number of ether oxygens (including phenoxy) is 1. The second kappa shape index (κ2) is 9.25. The lowest BCUT2D eigenvalue weighted by molar-refractivity contribution is -0.118. The predicted molar refractivity (Wildman–Crippen MR) is 116 cm³/mol. The molecule has 0 spiro atoms. The number of methoxy groups -OCH3 is 1. The Kier molecular flexibility index (Phi) is 6.74. The van der Waals surface area contributed by atoms with Crippen LogP contribution in [0.4, 0.5) is 0 Å².